The number of rotatable bonds is 7. The van der Waals surface area contributed by atoms with Gasteiger partial charge in [0.25, 0.3) is 0 Å². The fraction of sp³-hybridized carbons (Fsp3) is 0.733. The molecule has 21 heavy (non-hydrogen) atoms. The Morgan fingerprint density at radius 2 is 2.10 bits per heavy atom. The third kappa shape index (κ3) is 4.54. The first-order valence-electron chi connectivity index (χ1n) is 7.46. The summed E-state index contributed by atoms with van der Waals surface area (Å²) in [5.41, 5.74) is 1.31. The number of carbonyl (C=O) groups excluding carboxylic acids is 1. The second kappa shape index (κ2) is 7.04. The van der Waals surface area contributed by atoms with Crippen LogP contribution >= 0.6 is 0 Å². The second-order valence-electron chi connectivity index (χ2n) is 5.57. The first kappa shape index (κ1) is 16.0. The van der Waals surface area contributed by atoms with Crippen LogP contribution < -0.4 is 0 Å². The average molecular weight is 296 g/mol. The molecule has 6 heteroatoms. The van der Waals surface area contributed by atoms with Gasteiger partial charge in [-0.05, 0) is 39.2 Å². The van der Waals surface area contributed by atoms with Crippen LogP contribution in [-0.4, -0.2) is 41.4 Å². The molecule has 0 radical (unpaired) electrons. The molecule has 1 aromatic rings. The molecule has 0 atom stereocenters. The fourth-order valence-corrected chi connectivity index (χ4v) is 2.33. The summed E-state index contributed by atoms with van der Waals surface area (Å²) in [5.74, 6) is -0.768. The van der Waals surface area contributed by atoms with E-state index in [2.05, 4.69) is 5.10 Å². The summed E-state index contributed by atoms with van der Waals surface area (Å²) in [6, 6.07) is 1.73. The highest BCUT2D eigenvalue weighted by molar-refractivity contribution is 5.87. The van der Waals surface area contributed by atoms with Gasteiger partial charge in [-0.2, -0.15) is 5.10 Å². The van der Waals surface area contributed by atoms with Crippen molar-refractivity contribution in [2.45, 2.75) is 45.3 Å². The van der Waals surface area contributed by atoms with Crippen molar-refractivity contribution in [1.82, 2.24) is 9.78 Å². The second-order valence-corrected chi connectivity index (χ2v) is 5.57. The summed E-state index contributed by atoms with van der Waals surface area (Å²) in [4.78, 5) is 11.8. The zero-order chi connectivity index (χ0) is 15.3. The van der Waals surface area contributed by atoms with Crippen LogP contribution in [0.4, 0.5) is 0 Å². The fourth-order valence-electron chi connectivity index (χ4n) is 2.33. The number of ether oxygens (including phenoxy) is 3. The van der Waals surface area contributed by atoms with Crippen LogP contribution in [0, 0.1) is 6.92 Å². The van der Waals surface area contributed by atoms with E-state index in [9.17, 15) is 4.79 Å². The molecule has 0 N–H and O–H groups in total. The molecule has 0 saturated carbocycles. The Morgan fingerprint density at radius 1 is 1.38 bits per heavy atom. The van der Waals surface area contributed by atoms with Crippen LogP contribution in [0.1, 0.15) is 48.8 Å². The van der Waals surface area contributed by atoms with Gasteiger partial charge < -0.3 is 14.2 Å². The van der Waals surface area contributed by atoms with Gasteiger partial charge in [0.05, 0.1) is 19.8 Å². The largest absolute Gasteiger partial charge is 0.461 e. The minimum atomic E-state index is -0.415. The minimum absolute atomic E-state index is 0.354. The Kier molecular flexibility index (Phi) is 5.36. The van der Waals surface area contributed by atoms with E-state index in [1.54, 1.807) is 17.8 Å². The standard InChI is InChI=1S/C15H24N2O4/c1-12-11-13(16-17(12)3)14(18)19-8-6-4-5-7-15(2)20-9-10-21-15/h11H,4-10H2,1-3H3. The predicted molar refractivity (Wildman–Crippen MR) is 77.0 cm³/mol. The van der Waals surface area contributed by atoms with Crippen LogP contribution in [0.5, 0.6) is 0 Å². The lowest BCUT2D eigenvalue weighted by Crippen LogP contribution is -2.25. The first-order chi connectivity index (χ1) is 10.0. The molecule has 0 unspecified atom stereocenters. The Hall–Kier alpha value is -1.40. The highest BCUT2D eigenvalue weighted by atomic mass is 16.7. The Morgan fingerprint density at radius 3 is 2.71 bits per heavy atom. The van der Waals surface area contributed by atoms with E-state index in [0.29, 0.717) is 25.5 Å². The van der Waals surface area contributed by atoms with Gasteiger partial charge in [0, 0.05) is 19.2 Å². The van der Waals surface area contributed by atoms with Gasteiger partial charge in [0.15, 0.2) is 11.5 Å². The Bertz CT molecular complexity index is 459. The molecule has 1 aromatic heterocycles. The van der Waals surface area contributed by atoms with Gasteiger partial charge in [-0.25, -0.2) is 4.79 Å². The van der Waals surface area contributed by atoms with Crippen molar-refractivity contribution in [3.63, 3.8) is 0 Å². The Labute approximate surface area is 125 Å². The minimum Gasteiger partial charge on any atom is -0.461 e. The number of hydrogen-bond donors (Lipinski definition) is 0. The van der Waals surface area contributed by atoms with Gasteiger partial charge in [-0.3, -0.25) is 4.68 Å². The number of nitrogens with zero attached hydrogens (tertiary/aromatic N) is 2. The van der Waals surface area contributed by atoms with Crippen LogP contribution in [0.3, 0.4) is 0 Å². The van der Waals surface area contributed by atoms with E-state index in [1.165, 1.54) is 0 Å². The third-order valence-corrected chi connectivity index (χ3v) is 3.73. The van der Waals surface area contributed by atoms with E-state index in [-0.39, 0.29) is 5.97 Å². The van der Waals surface area contributed by atoms with E-state index in [0.717, 1.165) is 31.4 Å². The molecule has 6 nitrogen and oxygen atoms in total. The smallest absolute Gasteiger partial charge is 0.358 e. The van der Waals surface area contributed by atoms with Gasteiger partial charge in [0.2, 0.25) is 0 Å². The predicted octanol–water partition coefficient (Wildman–Crippen LogP) is 2.21. The van der Waals surface area contributed by atoms with Crippen LogP contribution in [0.25, 0.3) is 0 Å². The number of esters is 1. The van der Waals surface area contributed by atoms with Crippen molar-refractivity contribution in [3.05, 3.63) is 17.5 Å². The van der Waals surface area contributed by atoms with Crippen LogP contribution in [0.15, 0.2) is 6.07 Å². The molecule has 1 aliphatic heterocycles. The number of aromatic nitrogens is 2. The highest BCUT2D eigenvalue weighted by Gasteiger charge is 2.29. The summed E-state index contributed by atoms with van der Waals surface area (Å²) < 4.78 is 18.0. The molecule has 0 aliphatic carbocycles. The van der Waals surface area contributed by atoms with E-state index >= 15 is 0 Å². The summed E-state index contributed by atoms with van der Waals surface area (Å²) in [7, 11) is 1.81. The number of carbonyl (C=O) groups is 1. The molecule has 1 fully saturated rings. The lowest BCUT2D eigenvalue weighted by atomic mass is 10.1. The molecular formula is C15H24N2O4. The van der Waals surface area contributed by atoms with E-state index in [1.807, 2.05) is 13.8 Å². The highest BCUT2D eigenvalue weighted by Crippen LogP contribution is 2.24. The third-order valence-electron chi connectivity index (χ3n) is 3.73. The zero-order valence-corrected chi connectivity index (χ0v) is 13.1. The molecule has 0 bridgehead atoms. The van der Waals surface area contributed by atoms with Crippen molar-refractivity contribution in [3.8, 4) is 0 Å². The molecule has 118 valence electrons. The summed E-state index contributed by atoms with van der Waals surface area (Å²) in [6.45, 7) is 5.66. The SMILES string of the molecule is Cc1cc(C(=O)OCCCCCC2(C)OCCO2)nn1C. The molecule has 0 amide bonds. The summed E-state index contributed by atoms with van der Waals surface area (Å²) in [5, 5.41) is 4.10. The molecule has 2 rings (SSSR count). The maximum Gasteiger partial charge on any atom is 0.358 e. The van der Waals surface area contributed by atoms with Crippen molar-refractivity contribution in [2.24, 2.45) is 7.05 Å². The molecular weight excluding hydrogens is 272 g/mol. The lowest BCUT2D eigenvalue weighted by molar-refractivity contribution is -0.147. The van der Waals surface area contributed by atoms with E-state index in [4.69, 9.17) is 14.2 Å². The average Bonchev–Trinajstić information content (AvgIpc) is 3.01. The zero-order valence-electron chi connectivity index (χ0n) is 13.1. The quantitative estimate of drug-likeness (QED) is 0.570. The molecule has 1 saturated heterocycles. The molecule has 1 aliphatic rings. The summed E-state index contributed by atoms with van der Waals surface area (Å²) >= 11 is 0. The van der Waals surface area contributed by atoms with E-state index < -0.39 is 5.79 Å². The van der Waals surface area contributed by atoms with Crippen molar-refractivity contribution >= 4 is 5.97 Å². The lowest BCUT2D eigenvalue weighted by Gasteiger charge is -2.21. The monoisotopic (exact) mass is 296 g/mol. The number of hydrogen-bond acceptors (Lipinski definition) is 5. The van der Waals surface area contributed by atoms with Gasteiger partial charge in [-0.15, -0.1) is 0 Å². The normalized spacial score (nSPS) is 17.1. The molecule has 0 spiro atoms. The van der Waals surface area contributed by atoms with Crippen molar-refractivity contribution in [1.29, 1.82) is 0 Å². The number of unbranched alkanes of at least 4 members (excludes halogenated alkanes) is 2. The maximum absolute atomic E-state index is 11.8. The summed E-state index contributed by atoms with van der Waals surface area (Å²) in [6.07, 6.45) is 3.70. The van der Waals surface area contributed by atoms with Gasteiger partial charge >= 0.3 is 5.97 Å². The van der Waals surface area contributed by atoms with Crippen molar-refractivity contribution < 1.29 is 19.0 Å². The molecule has 2 heterocycles. The first-order valence-corrected chi connectivity index (χ1v) is 7.46. The van der Waals surface area contributed by atoms with Crippen LogP contribution in [0.2, 0.25) is 0 Å². The number of aryl methyl sites for hydroxylation is 2. The van der Waals surface area contributed by atoms with Crippen LogP contribution in [-0.2, 0) is 21.3 Å². The maximum atomic E-state index is 11.8. The molecule has 0 aromatic carbocycles. The van der Waals surface area contributed by atoms with Gasteiger partial charge in [0.1, 0.15) is 0 Å². The van der Waals surface area contributed by atoms with Crippen molar-refractivity contribution in [2.75, 3.05) is 19.8 Å². The Balaban J connectivity index is 1.58. The van der Waals surface area contributed by atoms with Gasteiger partial charge in [-0.1, -0.05) is 0 Å². The topological polar surface area (TPSA) is 62.6 Å².